The van der Waals surface area contributed by atoms with Crippen LogP contribution < -0.4 is 4.90 Å². The van der Waals surface area contributed by atoms with Gasteiger partial charge < -0.3 is 4.90 Å². The lowest BCUT2D eigenvalue weighted by atomic mass is 9.69. The Bertz CT molecular complexity index is 3630. The number of fused-ring (bicyclic) bond motifs is 16. The number of anilines is 3. The van der Waals surface area contributed by atoms with Crippen molar-refractivity contribution in [3.8, 4) is 55.6 Å². The predicted molar refractivity (Wildman–Crippen MR) is 295 cm³/mol. The quantitative estimate of drug-likeness (QED) is 0.170. The zero-order chi connectivity index (χ0) is 48.3. The maximum Gasteiger partial charge on any atom is 0.0725 e. The number of benzene rings is 9. The molecule has 1 spiro atoms. The fourth-order valence-electron chi connectivity index (χ4n) is 13.4. The smallest absolute Gasteiger partial charge is 0.0725 e. The fourth-order valence-corrected chi connectivity index (χ4v) is 13.4. The summed E-state index contributed by atoms with van der Waals surface area (Å²) in [5.74, 6) is 0. The highest BCUT2D eigenvalue weighted by molar-refractivity contribution is 6.01. The van der Waals surface area contributed by atoms with Crippen molar-refractivity contribution in [3.63, 3.8) is 0 Å². The van der Waals surface area contributed by atoms with Crippen LogP contribution in [-0.2, 0) is 27.1 Å². The van der Waals surface area contributed by atoms with Crippen molar-refractivity contribution in [2.45, 2.75) is 96.3 Å². The van der Waals surface area contributed by atoms with Gasteiger partial charge in [-0.2, -0.15) is 0 Å². The molecule has 0 aromatic heterocycles. The van der Waals surface area contributed by atoms with E-state index in [2.05, 4.69) is 262 Å². The molecule has 4 aliphatic rings. The summed E-state index contributed by atoms with van der Waals surface area (Å²) in [5.41, 5.74) is 29.5. The second-order valence-corrected chi connectivity index (χ2v) is 23.7. The summed E-state index contributed by atoms with van der Waals surface area (Å²) in [6.45, 7) is 23.6. The largest absolute Gasteiger partial charge is 0.310 e. The van der Waals surface area contributed by atoms with Gasteiger partial charge >= 0.3 is 0 Å². The van der Waals surface area contributed by atoms with E-state index in [1.54, 1.807) is 0 Å². The van der Waals surface area contributed by atoms with Crippen LogP contribution in [-0.4, -0.2) is 0 Å². The van der Waals surface area contributed by atoms with E-state index >= 15 is 0 Å². The monoisotopic (exact) mass is 903 g/mol. The minimum Gasteiger partial charge on any atom is -0.310 e. The molecule has 0 unspecified atom stereocenters. The number of hydrogen-bond acceptors (Lipinski definition) is 1. The molecule has 0 radical (unpaired) electrons. The standard InChI is InChI=1S/C69H61N/c1-65(2,3)42-30-34-48-49-35-31-43(66(4,5)6)39-62(49)69(61(48)38-42)58-27-17-12-21-47(58)54-41-45(33-37-59(54)69)70(44-32-36-57-53(40-44)46-20-11-15-25-55(46)67(57,7)8)63-29-18-14-22-50(63)51-24-19-28-60-64(51)52-23-13-16-26-56(52)68(60,9)10/h11-41H,1-10H3. The van der Waals surface area contributed by atoms with Gasteiger partial charge in [0, 0.05) is 27.8 Å². The topological polar surface area (TPSA) is 3.24 Å². The maximum atomic E-state index is 2.56. The first-order valence-corrected chi connectivity index (χ1v) is 25.4. The van der Waals surface area contributed by atoms with E-state index in [-0.39, 0.29) is 21.7 Å². The molecular weight excluding hydrogens is 843 g/mol. The molecule has 0 aliphatic heterocycles. The van der Waals surface area contributed by atoms with Crippen LogP contribution in [0.15, 0.2) is 188 Å². The molecule has 0 heterocycles. The lowest BCUT2D eigenvalue weighted by Crippen LogP contribution is -2.27. The fraction of sp³-hybridized carbons (Fsp3) is 0.217. The number of nitrogens with zero attached hydrogens (tertiary/aromatic N) is 1. The first kappa shape index (κ1) is 42.8. The summed E-state index contributed by atoms with van der Waals surface area (Å²) < 4.78 is 0. The number of para-hydroxylation sites is 1. The highest BCUT2D eigenvalue weighted by Crippen LogP contribution is 2.64. The molecule has 1 heteroatoms. The molecule has 0 saturated carbocycles. The average molecular weight is 904 g/mol. The van der Waals surface area contributed by atoms with Crippen LogP contribution in [0, 0.1) is 0 Å². The normalized spacial score (nSPS) is 15.6. The van der Waals surface area contributed by atoms with E-state index in [4.69, 9.17) is 0 Å². The first-order valence-electron chi connectivity index (χ1n) is 25.4. The molecule has 13 rings (SSSR count). The minimum absolute atomic E-state index is 0.0114. The predicted octanol–water partition coefficient (Wildman–Crippen LogP) is 18.4. The third kappa shape index (κ3) is 5.73. The van der Waals surface area contributed by atoms with Crippen molar-refractivity contribution < 1.29 is 0 Å². The van der Waals surface area contributed by atoms with Crippen molar-refractivity contribution in [2.75, 3.05) is 4.90 Å². The Kier molecular flexibility index (Phi) is 8.83. The molecule has 70 heavy (non-hydrogen) atoms. The van der Waals surface area contributed by atoms with Gasteiger partial charge in [0.2, 0.25) is 0 Å². The third-order valence-corrected chi connectivity index (χ3v) is 17.0. The highest BCUT2D eigenvalue weighted by atomic mass is 15.1. The summed E-state index contributed by atoms with van der Waals surface area (Å²) in [6, 6.07) is 72.9. The van der Waals surface area contributed by atoms with Gasteiger partial charge in [0.25, 0.3) is 0 Å². The van der Waals surface area contributed by atoms with E-state index in [1.165, 1.54) is 111 Å². The van der Waals surface area contributed by atoms with Crippen LogP contribution in [0.1, 0.15) is 125 Å². The molecule has 4 aliphatic carbocycles. The van der Waals surface area contributed by atoms with Gasteiger partial charge in [0.15, 0.2) is 0 Å². The number of hydrogen-bond donors (Lipinski definition) is 0. The van der Waals surface area contributed by atoms with Gasteiger partial charge in [-0.1, -0.05) is 227 Å². The SMILES string of the molecule is CC(C)(C)c1ccc2c(c1)C1(c3ccccc3-c3cc(N(c4ccc5c(c4)-c4ccccc4C5(C)C)c4ccccc4-c4cccc5c4-c4ccccc4C5(C)C)ccc31)c1cc(C(C)(C)C)ccc1-2. The summed E-state index contributed by atoms with van der Waals surface area (Å²) in [7, 11) is 0. The molecule has 9 aromatic rings. The van der Waals surface area contributed by atoms with E-state index < -0.39 is 5.41 Å². The van der Waals surface area contributed by atoms with E-state index in [1.807, 2.05) is 0 Å². The van der Waals surface area contributed by atoms with Gasteiger partial charge in [-0.05, 0) is 147 Å². The molecule has 0 atom stereocenters. The van der Waals surface area contributed by atoms with Crippen LogP contribution >= 0.6 is 0 Å². The van der Waals surface area contributed by atoms with Crippen LogP contribution in [0.25, 0.3) is 55.6 Å². The van der Waals surface area contributed by atoms with E-state index in [9.17, 15) is 0 Å². The second-order valence-electron chi connectivity index (χ2n) is 23.7. The Morgan fingerprint density at radius 2 is 0.700 bits per heavy atom. The Morgan fingerprint density at radius 3 is 1.30 bits per heavy atom. The summed E-state index contributed by atoms with van der Waals surface area (Å²) in [6.07, 6.45) is 0. The Morgan fingerprint density at radius 1 is 0.300 bits per heavy atom. The Labute approximate surface area is 415 Å². The van der Waals surface area contributed by atoms with Gasteiger partial charge in [-0.25, -0.2) is 0 Å². The van der Waals surface area contributed by atoms with Crippen LogP contribution in [0.5, 0.6) is 0 Å². The van der Waals surface area contributed by atoms with Gasteiger partial charge in [0.05, 0.1) is 11.1 Å². The second kappa shape index (κ2) is 14.4. The molecule has 0 saturated heterocycles. The Balaban J connectivity index is 1.09. The summed E-state index contributed by atoms with van der Waals surface area (Å²) in [4.78, 5) is 2.56. The van der Waals surface area contributed by atoms with Crippen molar-refractivity contribution in [3.05, 3.63) is 244 Å². The van der Waals surface area contributed by atoms with Crippen molar-refractivity contribution in [2.24, 2.45) is 0 Å². The zero-order valence-electron chi connectivity index (χ0n) is 42.3. The molecule has 9 aromatic carbocycles. The lowest BCUT2D eigenvalue weighted by molar-refractivity contribution is 0.586. The molecule has 0 fully saturated rings. The average Bonchev–Trinajstić information content (AvgIpc) is 3.98. The zero-order valence-corrected chi connectivity index (χ0v) is 42.3. The first-order chi connectivity index (χ1) is 33.5. The van der Waals surface area contributed by atoms with Crippen LogP contribution in [0.2, 0.25) is 0 Å². The van der Waals surface area contributed by atoms with Crippen molar-refractivity contribution >= 4 is 17.1 Å². The molecule has 0 N–H and O–H groups in total. The number of rotatable bonds is 4. The van der Waals surface area contributed by atoms with Gasteiger partial charge in [-0.3, -0.25) is 0 Å². The summed E-state index contributed by atoms with van der Waals surface area (Å²) in [5, 5.41) is 0. The molecule has 0 bridgehead atoms. The van der Waals surface area contributed by atoms with Gasteiger partial charge in [-0.15, -0.1) is 0 Å². The van der Waals surface area contributed by atoms with Crippen LogP contribution in [0.4, 0.5) is 17.1 Å². The van der Waals surface area contributed by atoms with Crippen LogP contribution in [0.3, 0.4) is 0 Å². The van der Waals surface area contributed by atoms with E-state index in [0.29, 0.717) is 0 Å². The summed E-state index contributed by atoms with van der Waals surface area (Å²) >= 11 is 0. The van der Waals surface area contributed by atoms with Crippen molar-refractivity contribution in [1.82, 2.24) is 0 Å². The van der Waals surface area contributed by atoms with Gasteiger partial charge in [0.1, 0.15) is 0 Å². The Hall–Kier alpha value is -7.22. The molecule has 342 valence electrons. The third-order valence-electron chi connectivity index (χ3n) is 17.0. The lowest BCUT2D eigenvalue weighted by Gasteiger charge is -2.33. The minimum atomic E-state index is -0.478. The maximum absolute atomic E-state index is 2.56. The molecule has 1 nitrogen and oxygen atoms in total. The van der Waals surface area contributed by atoms with Crippen molar-refractivity contribution in [1.29, 1.82) is 0 Å². The molecule has 0 amide bonds. The molecular formula is C69H61N. The highest BCUT2D eigenvalue weighted by Gasteiger charge is 2.52. The van der Waals surface area contributed by atoms with E-state index in [0.717, 1.165) is 17.1 Å².